The van der Waals surface area contributed by atoms with E-state index in [-0.39, 0.29) is 12.5 Å². The lowest BCUT2D eigenvalue weighted by Crippen LogP contribution is -2.32. The van der Waals surface area contributed by atoms with Crippen molar-refractivity contribution in [1.82, 2.24) is 4.90 Å². The minimum Gasteiger partial charge on any atom is -0.389 e. The summed E-state index contributed by atoms with van der Waals surface area (Å²) < 4.78 is 38.4. The second-order valence-corrected chi connectivity index (χ2v) is 7.93. The number of halogens is 3. The number of aliphatic hydroxyl groups is 1. The number of thiocarbonyl (C=S) groups is 1. The molecule has 6 heteroatoms. The third-order valence-electron chi connectivity index (χ3n) is 5.13. The lowest BCUT2D eigenvalue weighted by molar-refractivity contribution is -0.137. The number of alkyl halides is 3. The van der Waals surface area contributed by atoms with E-state index in [0.29, 0.717) is 5.56 Å². The number of benzene rings is 1. The molecule has 1 aliphatic heterocycles. The summed E-state index contributed by atoms with van der Waals surface area (Å²) in [5, 5.41) is 10.3. The second kappa shape index (κ2) is 11.0. The highest BCUT2D eigenvalue weighted by atomic mass is 32.1. The van der Waals surface area contributed by atoms with Crippen molar-refractivity contribution in [2.24, 2.45) is 0 Å². The molecule has 0 amide bonds. The van der Waals surface area contributed by atoms with Crippen LogP contribution < -0.4 is 0 Å². The predicted octanol–water partition coefficient (Wildman–Crippen LogP) is 5.93. The van der Waals surface area contributed by atoms with Crippen LogP contribution in [0, 0.1) is 0 Å². The first-order valence-electron chi connectivity index (χ1n) is 10.1. The molecule has 1 fully saturated rings. The molecular weight excluding hydrogens is 383 g/mol. The van der Waals surface area contributed by atoms with Crippen LogP contribution in [0.25, 0.3) is 0 Å². The third-order valence-corrected chi connectivity index (χ3v) is 5.57. The van der Waals surface area contributed by atoms with Gasteiger partial charge < -0.3 is 10.0 Å². The van der Waals surface area contributed by atoms with Gasteiger partial charge >= 0.3 is 6.18 Å². The molecule has 2 atom stereocenters. The maximum atomic E-state index is 12.8. The van der Waals surface area contributed by atoms with Crippen molar-refractivity contribution in [2.45, 2.75) is 76.6 Å². The molecule has 1 saturated heterocycles. The average Bonchev–Trinajstić information content (AvgIpc) is 2.99. The van der Waals surface area contributed by atoms with Crippen molar-refractivity contribution in [3.63, 3.8) is 0 Å². The minimum absolute atomic E-state index is 0.161. The monoisotopic (exact) mass is 413 g/mol. The summed E-state index contributed by atoms with van der Waals surface area (Å²) in [5.41, 5.74) is -0.210. The number of hydrogen-bond donors (Lipinski definition) is 1. The van der Waals surface area contributed by atoms with Crippen molar-refractivity contribution in [3.05, 3.63) is 47.5 Å². The van der Waals surface area contributed by atoms with Crippen LogP contribution in [0.2, 0.25) is 0 Å². The number of hydrogen-bond acceptors (Lipinski definition) is 2. The molecule has 1 aromatic carbocycles. The van der Waals surface area contributed by atoms with Gasteiger partial charge in [0.2, 0.25) is 0 Å². The van der Waals surface area contributed by atoms with Gasteiger partial charge in [-0.1, -0.05) is 75.2 Å². The van der Waals surface area contributed by atoms with E-state index in [1.807, 2.05) is 6.08 Å². The Labute approximate surface area is 171 Å². The maximum Gasteiger partial charge on any atom is 0.416 e. The molecule has 1 aliphatic rings. The van der Waals surface area contributed by atoms with Gasteiger partial charge in [-0.3, -0.25) is 0 Å². The highest BCUT2D eigenvalue weighted by Crippen LogP contribution is 2.30. The topological polar surface area (TPSA) is 23.5 Å². The Hall–Kier alpha value is -1.40. The Kier molecular flexibility index (Phi) is 8.96. The summed E-state index contributed by atoms with van der Waals surface area (Å²) in [6.45, 7) is 3.13. The standard InChI is InChI=1S/C22H30F3NOS/c1-2-3-4-5-6-14-26-19(11-13-21(26)28)10-12-20(27)16-17-8-7-9-18(15-17)22(23,24)25/h7-10,12,15,19-20,27H,2-6,11,13-14,16H2,1H3/b12-10+/t19-,20+/m0/s1. The number of rotatable bonds is 10. The van der Waals surface area contributed by atoms with Crippen LogP contribution in [-0.2, 0) is 12.6 Å². The van der Waals surface area contributed by atoms with Gasteiger partial charge in [0.05, 0.1) is 16.7 Å². The molecule has 0 bridgehead atoms. The van der Waals surface area contributed by atoms with Crippen LogP contribution in [0.1, 0.15) is 63.0 Å². The van der Waals surface area contributed by atoms with Gasteiger partial charge in [0.15, 0.2) is 0 Å². The van der Waals surface area contributed by atoms with Crippen LogP contribution in [0.15, 0.2) is 36.4 Å². The van der Waals surface area contributed by atoms with E-state index in [0.717, 1.165) is 42.9 Å². The Morgan fingerprint density at radius 2 is 2.00 bits per heavy atom. The summed E-state index contributed by atoms with van der Waals surface area (Å²) in [4.78, 5) is 3.20. The molecule has 1 aromatic rings. The first kappa shape index (κ1) is 22.9. The molecule has 2 nitrogen and oxygen atoms in total. The van der Waals surface area contributed by atoms with E-state index in [1.54, 1.807) is 12.1 Å². The molecule has 0 radical (unpaired) electrons. The average molecular weight is 414 g/mol. The first-order valence-corrected chi connectivity index (χ1v) is 10.5. The Morgan fingerprint density at radius 3 is 2.71 bits per heavy atom. The maximum absolute atomic E-state index is 12.8. The molecular formula is C22H30F3NOS. The largest absolute Gasteiger partial charge is 0.416 e. The molecule has 0 aromatic heterocycles. The molecule has 28 heavy (non-hydrogen) atoms. The van der Waals surface area contributed by atoms with Crippen molar-refractivity contribution < 1.29 is 18.3 Å². The zero-order chi connectivity index (χ0) is 20.6. The van der Waals surface area contributed by atoms with Gasteiger partial charge in [0.1, 0.15) is 0 Å². The fourth-order valence-corrected chi connectivity index (χ4v) is 3.92. The molecule has 1 heterocycles. The molecule has 1 N–H and O–H groups in total. The summed E-state index contributed by atoms with van der Waals surface area (Å²) in [5.74, 6) is 0. The SMILES string of the molecule is CCCCCCCN1C(=S)CC[C@@H]1/C=C/[C@@H](O)Cc1cccc(C(F)(F)F)c1. The normalized spacial score (nSPS) is 19.0. The van der Waals surface area contributed by atoms with Gasteiger partial charge in [-0.15, -0.1) is 0 Å². The Bertz CT molecular complexity index is 659. The van der Waals surface area contributed by atoms with E-state index in [1.165, 1.54) is 31.7 Å². The summed E-state index contributed by atoms with van der Waals surface area (Å²) >= 11 is 5.48. The summed E-state index contributed by atoms with van der Waals surface area (Å²) in [6, 6.07) is 5.31. The molecule has 0 spiro atoms. The fourth-order valence-electron chi connectivity index (χ4n) is 3.57. The third kappa shape index (κ3) is 7.21. The van der Waals surface area contributed by atoms with Crippen LogP contribution in [0.5, 0.6) is 0 Å². The molecule has 0 aliphatic carbocycles. The van der Waals surface area contributed by atoms with Gasteiger partial charge in [-0.2, -0.15) is 13.2 Å². The fraction of sp³-hybridized carbons (Fsp3) is 0.591. The van der Waals surface area contributed by atoms with Crippen molar-refractivity contribution in [2.75, 3.05) is 6.54 Å². The van der Waals surface area contributed by atoms with E-state index in [9.17, 15) is 18.3 Å². The molecule has 0 saturated carbocycles. The minimum atomic E-state index is -4.37. The number of likely N-dealkylation sites (tertiary alicyclic amines) is 1. The van der Waals surface area contributed by atoms with Crippen molar-refractivity contribution in [1.29, 1.82) is 0 Å². The van der Waals surface area contributed by atoms with Crippen LogP contribution in [0.4, 0.5) is 13.2 Å². The summed E-state index contributed by atoms with van der Waals surface area (Å²) in [6.07, 6.45) is 6.47. The lowest BCUT2D eigenvalue weighted by Gasteiger charge is -2.24. The smallest absolute Gasteiger partial charge is 0.389 e. The Balaban J connectivity index is 1.88. The number of aliphatic hydroxyl groups excluding tert-OH is 1. The van der Waals surface area contributed by atoms with Crippen LogP contribution in [0.3, 0.4) is 0 Å². The molecule has 156 valence electrons. The Morgan fingerprint density at radius 1 is 1.25 bits per heavy atom. The zero-order valence-corrected chi connectivity index (χ0v) is 17.2. The van der Waals surface area contributed by atoms with Gasteiger partial charge in [-0.25, -0.2) is 0 Å². The highest BCUT2D eigenvalue weighted by molar-refractivity contribution is 7.80. The number of nitrogens with zero attached hydrogens (tertiary/aromatic N) is 1. The zero-order valence-electron chi connectivity index (χ0n) is 16.4. The van der Waals surface area contributed by atoms with Crippen LogP contribution >= 0.6 is 12.2 Å². The molecule has 0 unspecified atom stereocenters. The van der Waals surface area contributed by atoms with E-state index in [4.69, 9.17) is 12.2 Å². The van der Waals surface area contributed by atoms with Gasteiger partial charge in [0, 0.05) is 25.4 Å². The number of unbranched alkanes of at least 4 members (excludes halogenated alkanes) is 4. The summed E-state index contributed by atoms with van der Waals surface area (Å²) in [7, 11) is 0. The molecule has 2 rings (SSSR count). The highest BCUT2D eigenvalue weighted by Gasteiger charge is 2.30. The quantitative estimate of drug-likeness (QED) is 0.292. The lowest BCUT2D eigenvalue weighted by atomic mass is 10.0. The van der Waals surface area contributed by atoms with Crippen molar-refractivity contribution >= 4 is 17.2 Å². The first-order chi connectivity index (χ1) is 13.3. The van der Waals surface area contributed by atoms with E-state index in [2.05, 4.69) is 11.8 Å². The van der Waals surface area contributed by atoms with Gasteiger partial charge in [0.25, 0.3) is 0 Å². The van der Waals surface area contributed by atoms with E-state index >= 15 is 0 Å². The predicted molar refractivity (Wildman–Crippen MR) is 111 cm³/mol. The van der Waals surface area contributed by atoms with E-state index < -0.39 is 17.8 Å². The van der Waals surface area contributed by atoms with Crippen LogP contribution in [-0.4, -0.2) is 33.7 Å². The second-order valence-electron chi connectivity index (χ2n) is 7.46. The van der Waals surface area contributed by atoms with Gasteiger partial charge in [-0.05, 0) is 24.5 Å². The van der Waals surface area contributed by atoms with Crippen molar-refractivity contribution in [3.8, 4) is 0 Å².